The molecular formula is C8H14BrNO. The lowest BCUT2D eigenvalue weighted by Gasteiger charge is -2.34. The molecule has 0 bridgehead atoms. The summed E-state index contributed by atoms with van der Waals surface area (Å²) in [6, 6.07) is 0. The predicted octanol–water partition coefficient (Wildman–Crippen LogP) is 1.64. The van der Waals surface area contributed by atoms with E-state index in [-0.39, 0.29) is 5.91 Å². The van der Waals surface area contributed by atoms with Crippen LogP contribution in [0.15, 0.2) is 0 Å². The molecule has 1 rings (SSSR count). The maximum absolute atomic E-state index is 10.8. The minimum absolute atomic E-state index is 0.169. The molecule has 0 saturated heterocycles. The van der Waals surface area contributed by atoms with Crippen LogP contribution >= 0.6 is 15.9 Å². The van der Waals surface area contributed by atoms with E-state index in [0.717, 1.165) is 12.5 Å². The molecule has 64 valence electrons. The van der Waals surface area contributed by atoms with E-state index in [1.54, 1.807) is 11.8 Å². The Labute approximate surface area is 76.1 Å². The zero-order valence-corrected chi connectivity index (χ0v) is 8.60. The average Bonchev–Trinajstić information content (AvgIpc) is 1.84. The monoisotopic (exact) mass is 219 g/mol. The molecule has 1 fully saturated rings. The first-order chi connectivity index (χ1) is 5.09. The molecule has 0 aliphatic heterocycles. The van der Waals surface area contributed by atoms with Gasteiger partial charge >= 0.3 is 0 Å². The summed E-state index contributed by atoms with van der Waals surface area (Å²) in [5, 5.41) is 0. The van der Waals surface area contributed by atoms with Crippen LogP contribution in [0.3, 0.4) is 0 Å². The summed E-state index contributed by atoms with van der Waals surface area (Å²) >= 11 is 3.52. The van der Waals surface area contributed by atoms with Crippen LogP contribution in [-0.4, -0.2) is 29.2 Å². The van der Waals surface area contributed by atoms with Gasteiger partial charge in [0.05, 0.1) is 0 Å². The van der Waals surface area contributed by atoms with Crippen LogP contribution in [0.25, 0.3) is 0 Å². The van der Waals surface area contributed by atoms with Crippen LogP contribution in [0.4, 0.5) is 0 Å². The van der Waals surface area contributed by atoms with Crippen molar-refractivity contribution < 1.29 is 4.79 Å². The number of halogens is 1. The molecule has 1 amide bonds. The van der Waals surface area contributed by atoms with Crippen molar-refractivity contribution in [3.8, 4) is 0 Å². The second kappa shape index (κ2) is 3.57. The summed E-state index contributed by atoms with van der Waals surface area (Å²) in [5.41, 5.74) is 0. The van der Waals surface area contributed by atoms with E-state index in [4.69, 9.17) is 0 Å². The fourth-order valence-corrected chi connectivity index (χ4v) is 2.38. The first-order valence-corrected chi connectivity index (χ1v) is 4.87. The van der Waals surface area contributed by atoms with Crippen molar-refractivity contribution in [3.63, 3.8) is 0 Å². The van der Waals surface area contributed by atoms with Crippen LogP contribution in [0.1, 0.15) is 19.8 Å². The third-order valence-corrected chi connectivity index (χ3v) is 3.00. The van der Waals surface area contributed by atoms with Crippen molar-refractivity contribution in [2.75, 3.05) is 13.6 Å². The highest BCUT2D eigenvalue weighted by Crippen LogP contribution is 2.33. The number of hydrogen-bond donors (Lipinski definition) is 0. The summed E-state index contributed by atoms with van der Waals surface area (Å²) < 4.78 is 0. The quantitative estimate of drug-likeness (QED) is 0.648. The smallest absolute Gasteiger partial charge is 0.219 e. The topological polar surface area (TPSA) is 20.3 Å². The van der Waals surface area contributed by atoms with Crippen molar-refractivity contribution in [2.45, 2.75) is 24.6 Å². The van der Waals surface area contributed by atoms with E-state index in [2.05, 4.69) is 15.9 Å². The second-order valence-electron chi connectivity index (χ2n) is 3.33. The van der Waals surface area contributed by atoms with Gasteiger partial charge in [0, 0.05) is 25.3 Å². The summed E-state index contributed by atoms with van der Waals surface area (Å²) in [6.07, 6.45) is 2.44. The maximum atomic E-state index is 10.8. The van der Waals surface area contributed by atoms with Crippen molar-refractivity contribution in [1.29, 1.82) is 0 Å². The highest BCUT2D eigenvalue weighted by atomic mass is 79.9. The van der Waals surface area contributed by atoms with Crippen LogP contribution in [-0.2, 0) is 4.79 Å². The number of nitrogens with zero attached hydrogens (tertiary/aromatic N) is 1. The molecule has 0 aromatic carbocycles. The summed E-state index contributed by atoms with van der Waals surface area (Å²) in [6.45, 7) is 2.54. The van der Waals surface area contributed by atoms with Gasteiger partial charge in [0.2, 0.25) is 5.91 Å². The van der Waals surface area contributed by atoms with Crippen molar-refractivity contribution >= 4 is 21.8 Å². The van der Waals surface area contributed by atoms with Crippen molar-refractivity contribution in [2.24, 2.45) is 5.92 Å². The lowest BCUT2D eigenvalue weighted by Crippen LogP contribution is -2.36. The van der Waals surface area contributed by atoms with E-state index in [1.807, 2.05) is 7.05 Å². The van der Waals surface area contributed by atoms with Gasteiger partial charge in [0.25, 0.3) is 0 Å². The van der Waals surface area contributed by atoms with Gasteiger partial charge < -0.3 is 4.90 Å². The van der Waals surface area contributed by atoms with Crippen LogP contribution in [0.2, 0.25) is 0 Å². The van der Waals surface area contributed by atoms with Crippen molar-refractivity contribution in [3.05, 3.63) is 0 Å². The lowest BCUT2D eigenvalue weighted by molar-refractivity contribution is -0.128. The minimum atomic E-state index is 0.169. The van der Waals surface area contributed by atoms with E-state index in [0.29, 0.717) is 4.83 Å². The van der Waals surface area contributed by atoms with Gasteiger partial charge in [-0.1, -0.05) is 15.9 Å². The third-order valence-electron chi connectivity index (χ3n) is 2.25. The number of carbonyl (C=O) groups excluding carboxylic acids is 1. The molecule has 0 N–H and O–H groups in total. The van der Waals surface area contributed by atoms with E-state index in [1.165, 1.54) is 12.8 Å². The predicted molar refractivity (Wildman–Crippen MR) is 48.8 cm³/mol. The molecule has 1 saturated carbocycles. The summed E-state index contributed by atoms with van der Waals surface area (Å²) in [5.74, 6) is 0.899. The molecule has 11 heavy (non-hydrogen) atoms. The van der Waals surface area contributed by atoms with Gasteiger partial charge in [-0.3, -0.25) is 4.79 Å². The zero-order valence-electron chi connectivity index (χ0n) is 7.01. The third kappa shape index (κ3) is 2.47. The van der Waals surface area contributed by atoms with Crippen LogP contribution < -0.4 is 0 Å². The molecule has 0 unspecified atom stereocenters. The molecule has 1 aliphatic rings. The molecule has 3 heteroatoms. The van der Waals surface area contributed by atoms with Gasteiger partial charge in [-0.2, -0.15) is 0 Å². The Kier molecular flexibility index (Phi) is 2.93. The van der Waals surface area contributed by atoms with Crippen molar-refractivity contribution in [1.82, 2.24) is 4.90 Å². The fraction of sp³-hybridized carbons (Fsp3) is 0.875. The second-order valence-corrected chi connectivity index (χ2v) is 4.63. The number of carbonyl (C=O) groups is 1. The van der Waals surface area contributed by atoms with E-state index in [9.17, 15) is 4.79 Å². The Bertz CT molecular complexity index is 154. The molecule has 1 aliphatic carbocycles. The van der Waals surface area contributed by atoms with Gasteiger partial charge in [-0.15, -0.1) is 0 Å². The molecule has 0 heterocycles. The maximum Gasteiger partial charge on any atom is 0.219 e. The number of alkyl halides is 1. The Balaban J connectivity index is 2.16. The SMILES string of the molecule is CC(=O)N(C)CC1CC(Br)C1. The lowest BCUT2D eigenvalue weighted by atomic mass is 9.85. The Hall–Kier alpha value is -0.0500. The number of amides is 1. The van der Waals surface area contributed by atoms with Crippen LogP contribution in [0.5, 0.6) is 0 Å². The zero-order chi connectivity index (χ0) is 8.43. The van der Waals surface area contributed by atoms with Gasteiger partial charge in [0.15, 0.2) is 0 Å². The first-order valence-electron chi connectivity index (χ1n) is 3.95. The molecule has 0 aromatic heterocycles. The van der Waals surface area contributed by atoms with E-state index < -0.39 is 0 Å². The highest BCUT2D eigenvalue weighted by Gasteiger charge is 2.27. The molecular weight excluding hydrogens is 206 g/mol. The minimum Gasteiger partial charge on any atom is -0.346 e. The standard InChI is InChI=1S/C8H14BrNO/c1-6(11)10(2)5-7-3-8(9)4-7/h7-8H,3-5H2,1-2H3. The Morgan fingerprint density at radius 3 is 2.55 bits per heavy atom. The molecule has 0 radical (unpaired) electrons. The fourth-order valence-electron chi connectivity index (χ4n) is 1.32. The molecule has 2 nitrogen and oxygen atoms in total. The largest absolute Gasteiger partial charge is 0.346 e. The average molecular weight is 220 g/mol. The molecule has 0 aromatic rings. The summed E-state index contributed by atoms with van der Waals surface area (Å²) in [7, 11) is 1.86. The normalized spacial score (nSPS) is 29.4. The number of rotatable bonds is 2. The first kappa shape index (κ1) is 9.04. The Morgan fingerprint density at radius 1 is 1.64 bits per heavy atom. The molecule has 0 spiro atoms. The van der Waals surface area contributed by atoms with Gasteiger partial charge in [-0.25, -0.2) is 0 Å². The highest BCUT2D eigenvalue weighted by molar-refractivity contribution is 9.09. The molecule has 0 atom stereocenters. The van der Waals surface area contributed by atoms with Gasteiger partial charge in [0.1, 0.15) is 0 Å². The summed E-state index contributed by atoms with van der Waals surface area (Å²) in [4.78, 5) is 13.3. The van der Waals surface area contributed by atoms with E-state index >= 15 is 0 Å². The number of hydrogen-bond acceptors (Lipinski definition) is 1. The van der Waals surface area contributed by atoms with Gasteiger partial charge in [-0.05, 0) is 18.8 Å². The Morgan fingerprint density at radius 2 is 2.18 bits per heavy atom. The van der Waals surface area contributed by atoms with Crippen LogP contribution in [0, 0.1) is 5.92 Å².